The van der Waals surface area contributed by atoms with E-state index in [1.807, 2.05) is 0 Å². The molecule has 3 aliphatic carbocycles. The average molecular weight is 235 g/mol. The van der Waals surface area contributed by atoms with E-state index >= 15 is 0 Å². The molecule has 4 nitrogen and oxygen atoms in total. The molecule has 0 spiro atoms. The Labute approximate surface area is 100 Å². The minimum atomic E-state index is -0.837. The third-order valence-electron chi connectivity index (χ3n) is 4.23. The van der Waals surface area contributed by atoms with Crippen LogP contribution in [0.4, 0.5) is 0 Å². The first-order valence-electron chi connectivity index (χ1n) is 6.38. The molecule has 0 bridgehead atoms. The van der Waals surface area contributed by atoms with Gasteiger partial charge in [0, 0.05) is 6.04 Å². The van der Waals surface area contributed by atoms with E-state index in [4.69, 9.17) is 5.11 Å². The molecule has 0 heterocycles. The third kappa shape index (κ3) is 1.96. The van der Waals surface area contributed by atoms with Gasteiger partial charge in [0.1, 0.15) is 0 Å². The van der Waals surface area contributed by atoms with Gasteiger partial charge in [-0.15, -0.1) is 0 Å². The number of hydrogen-bond donors (Lipinski definition) is 2. The maximum absolute atomic E-state index is 11.7. The highest BCUT2D eigenvalue weighted by molar-refractivity contribution is 5.89. The fourth-order valence-electron chi connectivity index (χ4n) is 2.70. The van der Waals surface area contributed by atoms with Crippen LogP contribution in [0.2, 0.25) is 0 Å². The molecule has 3 aliphatic rings. The van der Waals surface area contributed by atoms with Crippen molar-refractivity contribution in [3.63, 3.8) is 0 Å². The SMILES string of the molecule is O=C(O)[C@@H]1C[C@H]1C(=O)NC1CC(=C2CCC2)C1. The van der Waals surface area contributed by atoms with Crippen molar-refractivity contribution < 1.29 is 14.7 Å². The topological polar surface area (TPSA) is 66.4 Å². The predicted octanol–water partition coefficient (Wildman–Crippen LogP) is 1.47. The van der Waals surface area contributed by atoms with Crippen molar-refractivity contribution in [3.05, 3.63) is 11.1 Å². The summed E-state index contributed by atoms with van der Waals surface area (Å²) in [5.41, 5.74) is 3.14. The van der Waals surface area contributed by atoms with Crippen LogP contribution in [0.3, 0.4) is 0 Å². The van der Waals surface area contributed by atoms with Crippen LogP contribution in [0.15, 0.2) is 11.1 Å². The Morgan fingerprint density at radius 3 is 2.29 bits per heavy atom. The summed E-state index contributed by atoms with van der Waals surface area (Å²) in [6, 6.07) is 0.264. The molecule has 2 N–H and O–H groups in total. The normalized spacial score (nSPS) is 34.7. The van der Waals surface area contributed by atoms with Gasteiger partial charge < -0.3 is 10.4 Å². The first-order valence-corrected chi connectivity index (χ1v) is 6.38. The van der Waals surface area contributed by atoms with E-state index in [1.165, 1.54) is 24.8 Å². The van der Waals surface area contributed by atoms with Gasteiger partial charge in [-0.25, -0.2) is 0 Å². The van der Waals surface area contributed by atoms with Crippen LogP contribution in [0.25, 0.3) is 0 Å². The lowest BCUT2D eigenvalue weighted by atomic mass is 9.76. The summed E-state index contributed by atoms with van der Waals surface area (Å²) in [5, 5.41) is 11.7. The van der Waals surface area contributed by atoms with Crippen molar-refractivity contribution in [3.8, 4) is 0 Å². The molecule has 0 aromatic carbocycles. The number of aliphatic carboxylic acids is 1. The number of rotatable bonds is 3. The third-order valence-corrected chi connectivity index (χ3v) is 4.23. The highest BCUT2D eigenvalue weighted by atomic mass is 16.4. The van der Waals surface area contributed by atoms with Crippen LogP contribution >= 0.6 is 0 Å². The second kappa shape index (κ2) is 3.86. The molecule has 0 aromatic rings. The zero-order valence-corrected chi connectivity index (χ0v) is 9.74. The fourth-order valence-corrected chi connectivity index (χ4v) is 2.70. The summed E-state index contributed by atoms with van der Waals surface area (Å²) in [7, 11) is 0. The van der Waals surface area contributed by atoms with E-state index in [1.54, 1.807) is 5.57 Å². The van der Waals surface area contributed by atoms with E-state index in [0.717, 1.165) is 12.8 Å². The van der Waals surface area contributed by atoms with E-state index in [2.05, 4.69) is 5.32 Å². The van der Waals surface area contributed by atoms with Gasteiger partial charge in [-0.05, 0) is 38.5 Å². The highest BCUT2D eigenvalue weighted by Gasteiger charge is 2.49. The summed E-state index contributed by atoms with van der Waals surface area (Å²) in [4.78, 5) is 22.3. The minimum Gasteiger partial charge on any atom is -0.481 e. The van der Waals surface area contributed by atoms with Gasteiger partial charge >= 0.3 is 5.97 Å². The minimum absolute atomic E-state index is 0.0555. The standard InChI is InChI=1S/C13H17NO3/c15-12(10-6-11(10)13(16)17)14-9-4-8(5-9)7-2-1-3-7/h9-11H,1-6H2,(H,14,15)(H,16,17)/t10-,11-/m1/s1. The lowest BCUT2D eigenvalue weighted by Crippen LogP contribution is -2.42. The zero-order chi connectivity index (χ0) is 12.0. The van der Waals surface area contributed by atoms with Crippen molar-refractivity contribution in [2.24, 2.45) is 11.8 Å². The Kier molecular flexibility index (Phi) is 2.45. The number of allylic oxidation sites excluding steroid dienone is 1. The van der Waals surface area contributed by atoms with E-state index in [0.29, 0.717) is 6.42 Å². The van der Waals surface area contributed by atoms with Crippen molar-refractivity contribution in [2.75, 3.05) is 0 Å². The monoisotopic (exact) mass is 235 g/mol. The summed E-state index contributed by atoms with van der Waals surface area (Å²) < 4.78 is 0. The molecule has 0 radical (unpaired) electrons. The van der Waals surface area contributed by atoms with Gasteiger partial charge in [-0.2, -0.15) is 0 Å². The van der Waals surface area contributed by atoms with Crippen LogP contribution < -0.4 is 5.32 Å². The molecule has 3 fully saturated rings. The highest BCUT2D eigenvalue weighted by Crippen LogP contribution is 2.41. The molecular formula is C13H17NO3. The first kappa shape index (κ1) is 10.8. The molecule has 17 heavy (non-hydrogen) atoms. The Morgan fingerprint density at radius 2 is 1.82 bits per heavy atom. The van der Waals surface area contributed by atoms with E-state index in [9.17, 15) is 9.59 Å². The molecular weight excluding hydrogens is 218 g/mol. The molecule has 0 unspecified atom stereocenters. The van der Waals surface area contributed by atoms with Crippen molar-refractivity contribution in [1.82, 2.24) is 5.32 Å². The second-order valence-electron chi connectivity index (χ2n) is 5.46. The number of hydrogen-bond acceptors (Lipinski definition) is 2. The molecule has 0 aromatic heterocycles. The molecule has 0 aliphatic heterocycles. The summed E-state index contributed by atoms with van der Waals surface area (Å²) >= 11 is 0. The van der Waals surface area contributed by atoms with Gasteiger partial charge in [0.15, 0.2) is 0 Å². The molecule has 1 amide bonds. The Balaban J connectivity index is 1.44. The molecule has 3 saturated carbocycles. The summed E-state index contributed by atoms with van der Waals surface area (Å²) in [6.07, 6.45) is 6.32. The van der Waals surface area contributed by atoms with Crippen LogP contribution in [0, 0.1) is 11.8 Å². The largest absolute Gasteiger partial charge is 0.481 e. The van der Waals surface area contributed by atoms with E-state index < -0.39 is 11.9 Å². The van der Waals surface area contributed by atoms with Gasteiger partial charge in [0.2, 0.25) is 5.91 Å². The summed E-state index contributed by atoms with van der Waals surface area (Å²) in [5.74, 6) is -1.59. The number of carbonyl (C=O) groups is 2. The maximum atomic E-state index is 11.7. The number of nitrogens with one attached hydrogen (secondary N) is 1. The molecule has 3 rings (SSSR count). The zero-order valence-electron chi connectivity index (χ0n) is 9.74. The van der Waals surface area contributed by atoms with Crippen LogP contribution in [-0.4, -0.2) is 23.0 Å². The summed E-state index contributed by atoms with van der Waals surface area (Å²) in [6.45, 7) is 0. The van der Waals surface area contributed by atoms with Gasteiger partial charge in [-0.3, -0.25) is 9.59 Å². The first-order chi connectivity index (χ1) is 8.15. The van der Waals surface area contributed by atoms with Crippen molar-refractivity contribution in [1.29, 1.82) is 0 Å². The average Bonchev–Trinajstić information content (AvgIpc) is 2.90. The maximum Gasteiger partial charge on any atom is 0.307 e. The van der Waals surface area contributed by atoms with Crippen molar-refractivity contribution in [2.45, 2.75) is 44.6 Å². The Bertz CT molecular complexity index is 399. The second-order valence-corrected chi connectivity index (χ2v) is 5.46. The predicted molar refractivity (Wildman–Crippen MR) is 61.3 cm³/mol. The quantitative estimate of drug-likeness (QED) is 0.728. The van der Waals surface area contributed by atoms with Gasteiger partial charge in [0.05, 0.1) is 11.8 Å². The molecule has 4 heteroatoms. The van der Waals surface area contributed by atoms with E-state index in [-0.39, 0.29) is 17.9 Å². The number of carboxylic acids is 1. The smallest absolute Gasteiger partial charge is 0.307 e. The Hall–Kier alpha value is -1.32. The number of carbonyl (C=O) groups excluding carboxylic acids is 1. The van der Waals surface area contributed by atoms with Crippen LogP contribution in [0.5, 0.6) is 0 Å². The van der Waals surface area contributed by atoms with Gasteiger partial charge in [0.25, 0.3) is 0 Å². The van der Waals surface area contributed by atoms with Gasteiger partial charge in [-0.1, -0.05) is 11.1 Å². The Morgan fingerprint density at radius 1 is 1.12 bits per heavy atom. The van der Waals surface area contributed by atoms with Crippen LogP contribution in [-0.2, 0) is 9.59 Å². The molecule has 0 saturated heterocycles. The lowest BCUT2D eigenvalue weighted by Gasteiger charge is -2.35. The fraction of sp³-hybridized carbons (Fsp3) is 0.692. The molecule has 2 atom stereocenters. The lowest BCUT2D eigenvalue weighted by molar-refractivity contribution is -0.140. The number of carboxylic acid groups (broad SMARTS) is 1. The van der Waals surface area contributed by atoms with Crippen molar-refractivity contribution >= 4 is 11.9 Å². The number of amides is 1. The molecule has 92 valence electrons. The van der Waals surface area contributed by atoms with Crippen LogP contribution in [0.1, 0.15) is 38.5 Å².